The molecule has 0 aliphatic carbocycles. The Morgan fingerprint density at radius 1 is 1.26 bits per heavy atom. The van der Waals surface area contributed by atoms with Crippen LogP contribution in [0.2, 0.25) is 0 Å². The summed E-state index contributed by atoms with van der Waals surface area (Å²) in [5.74, 6) is -0.689. The molecule has 0 spiro atoms. The van der Waals surface area contributed by atoms with Gasteiger partial charge in [0, 0.05) is 25.2 Å². The molecule has 0 saturated carbocycles. The molecule has 102 valence electrons. The lowest BCUT2D eigenvalue weighted by molar-refractivity contribution is -0.137. The van der Waals surface area contributed by atoms with Gasteiger partial charge in [-0.3, -0.25) is 14.5 Å². The average molecular weight is 262 g/mol. The van der Waals surface area contributed by atoms with Crippen molar-refractivity contribution in [2.45, 2.75) is 12.8 Å². The highest BCUT2D eigenvalue weighted by Crippen LogP contribution is 2.18. The van der Waals surface area contributed by atoms with Gasteiger partial charge in [-0.1, -0.05) is 12.1 Å². The topological polar surface area (TPSA) is 60.9 Å². The Morgan fingerprint density at radius 3 is 2.53 bits per heavy atom. The normalized spacial score (nSPS) is 16.7. The van der Waals surface area contributed by atoms with Crippen molar-refractivity contribution in [3.8, 4) is 0 Å². The monoisotopic (exact) mass is 262 g/mol. The molecule has 0 unspecified atom stereocenters. The highest BCUT2D eigenvalue weighted by molar-refractivity contribution is 5.95. The molecule has 1 aliphatic rings. The van der Waals surface area contributed by atoms with Crippen molar-refractivity contribution in [1.29, 1.82) is 0 Å². The lowest BCUT2D eigenvalue weighted by Crippen LogP contribution is -2.48. The zero-order chi connectivity index (χ0) is 13.8. The van der Waals surface area contributed by atoms with Crippen LogP contribution in [0.5, 0.6) is 0 Å². The second-order valence-corrected chi connectivity index (χ2v) is 4.84. The summed E-state index contributed by atoms with van der Waals surface area (Å²) in [5, 5.41) is 8.64. The van der Waals surface area contributed by atoms with Crippen molar-refractivity contribution in [3.05, 3.63) is 29.8 Å². The van der Waals surface area contributed by atoms with Crippen LogP contribution >= 0.6 is 0 Å². The van der Waals surface area contributed by atoms with Gasteiger partial charge in [-0.2, -0.15) is 0 Å². The Morgan fingerprint density at radius 2 is 1.95 bits per heavy atom. The number of anilines is 1. The van der Waals surface area contributed by atoms with Crippen molar-refractivity contribution in [1.82, 2.24) is 4.90 Å². The molecule has 5 heteroatoms. The van der Waals surface area contributed by atoms with E-state index in [2.05, 4.69) is 0 Å². The van der Waals surface area contributed by atoms with Crippen LogP contribution in [0.4, 0.5) is 5.69 Å². The molecule has 0 radical (unpaired) electrons. The third-order valence-electron chi connectivity index (χ3n) is 3.29. The number of amides is 1. The van der Waals surface area contributed by atoms with E-state index in [0.717, 1.165) is 17.8 Å². The van der Waals surface area contributed by atoms with Crippen molar-refractivity contribution in [3.63, 3.8) is 0 Å². The number of carboxylic acid groups (broad SMARTS) is 1. The van der Waals surface area contributed by atoms with Crippen molar-refractivity contribution < 1.29 is 14.7 Å². The van der Waals surface area contributed by atoms with Crippen LogP contribution in [0.25, 0.3) is 0 Å². The van der Waals surface area contributed by atoms with E-state index in [0.29, 0.717) is 19.5 Å². The fraction of sp³-hybridized carbons (Fsp3) is 0.429. The molecule has 5 nitrogen and oxygen atoms in total. The molecule has 19 heavy (non-hydrogen) atoms. The SMILES string of the molecule is CN1CCN(c2ccc(CCC(=O)O)cc2)C(=O)C1. The zero-order valence-electron chi connectivity index (χ0n) is 11.0. The second-order valence-electron chi connectivity index (χ2n) is 4.84. The number of nitrogens with zero attached hydrogens (tertiary/aromatic N) is 2. The minimum atomic E-state index is -0.793. The molecule has 1 amide bonds. The number of aryl methyl sites for hydroxylation is 1. The smallest absolute Gasteiger partial charge is 0.303 e. The second kappa shape index (κ2) is 5.84. The first-order valence-corrected chi connectivity index (χ1v) is 6.36. The number of hydrogen-bond acceptors (Lipinski definition) is 3. The minimum absolute atomic E-state index is 0.104. The molecule has 1 aliphatic heterocycles. The highest BCUT2D eigenvalue weighted by Gasteiger charge is 2.22. The van der Waals surface area contributed by atoms with E-state index >= 15 is 0 Å². The van der Waals surface area contributed by atoms with Gasteiger partial charge in [-0.25, -0.2) is 0 Å². The predicted molar refractivity (Wildman–Crippen MR) is 72.2 cm³/mol. The van der Waals surface area contributed by atoms with Crippen molar-refractivity contribution in [2.75, 3.05) is 31.6 Å². The first-order valence-electron chi connectivity index (χ1n) is 6.36. The van der Waals surface area contributed by atoms with Gasteiger partial charge in [0.05, 0.1) is 6.54 Å². The Balaban J connectivity index is 2.01. The molecule has 0 aromatic heterocycles. The van der Waals surface area contributed by atoms with Gasteiger partial charge >= 0.3 is 5.97 Å². The van der Waals surface area contributed by atoms with Crippen molar-refractivity contribution in [2.24, 2.45) is 0 Å². The van der Waals surface area contributed by atoms with Gasteiger partial charge < -0.3 is 10.0 Å². The number of carbonyl (C=O) groups excluding carboxylic acids is 1. The fourth-order valence-electron chi connectivity index (χ4n) is 2.16. The Bertz CT molecular complexity index is 470. The summed E-state index contributed by atoms with van der Waals surface area (Å²) in [5.41, 5.74) is 1.87. The summed E-state index contributed by atoms with van der Waals surface area (Å²) in [4.78, 5) is 26.2. The summed E-state index contributed by atoms with van der Waals surface area (Å²) < 4.78 is 0. The average Bonchev–Trinajstić information content (AvgIpc) is 2.37. The number of hydrogen-bond donors (Lipinski definition) is 1. The molecule has 1 N–H and O–H groups in total. The van der Waals surface area contributed by atoms with Crippen LogP contribution in [0, 0.1) is 0 Å². The molecule has 0 atom stereocenters. The van der Waals surface area contributed by atoms with Gasteiger partial charge in [0.1, 0.15) is 0 Å². The van der Waals surface area contributed by atoms with E-state index in [4.69, 9.17) is 5.11 Å². The van der Waals surface area contributed by atoms with E-state index < -0.39 is 5.97 Å². The van der Waals surface area contributed by atoms with Gasteiger partial charge in [-0.05, 0) is 31.2 Å². The Labute approximate surface area is 112 Å². The van der Waals surface area contributed by atoms with Crippen LogP contribution in [0.15, 0.2) is 24.3 Å². The Kier molecular flexibility index (Phi) is 4.16. The number of carboxylic acids is 1. The fourth-order valence-corrected chi connectivity index (χ4v) is 2.16. The van der Waals surface area contributed by atoms with Crippen LogP contribution in [0.3, 0.4) is 0 Å². The standard InChI is InChI=1S/C14H18N2O3/c1-15-8-9-16(13(17)10-15)12-5-2-11(3-6-12)4-7-14(18)19/h2-3,5-6H,4,7-10H2,1H3,(H,18,19). The molecule has 1 heterocycles. The molecule has 1 aromatic rings. The van der Waals surface area contributed by atoms with Gasteiger partial charge in [0.15, 0.2) is 0 Å². The van der Waals surface area contributed by atoms with E-state index in [1.54, 1.807) is 4.90 Å². The number of likely N-dealkylation sites (N-methyl/N-ethyl adjacent to an activating group) is 1. The largest absolute Gasteiger partial charge is 0.481 e. The van der Waals surface area contributed by atoms with Crippen molar-refractivity contribution >= 4 is 17.6 Å². The minimum Gasteiger partial charge on any atom is -0.481 e. The molecular weight excluding hydrogens is 244 g/mol. The summed E-state index contributed by atoms with van der Waals surface area (Å²) in [7, 11) is 1.93. The van der Waals surface area contributed by atoms with Gasteiger partial charge in [0.2, 0.25) is 5.91 Å². The summed E-state index contributed by atoms with van der Waals surface area (Å²) in [6, 6.07) is 7.56. The number of carbonyl (C=O) groups is 2. The zero-order valence-corrected chi connectivity index (χ0v) is 11.0. The maximum Gasteiger partial charge on any atom is 0.303 e. The van der Waals surface area contributed by atoms with Crippen LogP contribution in [-0.2, 0) is 16.0 Å². The van der Waals surface area contributed by atoms with Crippen LogP contribution in [0.1, 0.15) is 12.0 Å². The molecule has 1 fully saturated rings. The quantitative estimate of drug-likeness (QED) is 0.878. The third-order valence-corrected chi connectivity index (χ3v) is 3.29. The molecular formula is C14H18N2O3. The van der Waals surface area contributed by atoms with Crippen LogP contribution < -0.4 is 4.90 Å². The predicted octanol–water partition coefficient (Wildman–Crippen LogP) is 0.982. The molecule has 0 bridgehead atoms. The van der Waals surface area contributed by atoms with E-state index in [-0.39, 0.29) is 12.3 Å². The van der Waals surface area contributed by atoms with E-state index in [9.17, 15) is 9.59 Å². The summed E-state index contributed by atoms with van der Waals surface area (Å²) >= 11 is 0. The van der Waals surface area contributed by atoms with Gasteiger partial charge in [0.25, 0.3) is 0 Å². The Hall–Kier alpha value is -1.88. The van der Waals surface area contributed by atoms with Gasteiger partial charge in [-0.15, -0.1) is 0 Å². The molecule has 1 aromatic carbocycles. The highest BCUT2D eigenvalue weighted by atomic mass is 16.4. The lowest BCUT2D eigenvalue weighted by atomic mass is 10.1. The maximum absolute atomic E-state index is 11.9. The molecule has 2 rings (SSSR count). The number of rotatable bonds is 4. The van der Waals surface area contributed by atoms with E-state index in [1.807, 2.05) is 36.2 Å². The molecule has 1 saturated heterocycles. The number of aliphatic carboxylic acids is 1. The maximum atomic E-state index is 11.9. The summed E-state index contributed by atoms with van der Waals surface area (Å²) in [6.45, 7) is 2.01. The first-order chi connectivity index (χ1) is 9.06. The summed E-state index contributed by atoms with van der Waals surface area (Å²) in [6.07, 6.45) is 0.652. The third kappa shape index (κ3) is 3.54. The lowest BCUT2D eigenvalue weighted by Gasteiger charge is -2.32. The van der Waals surface area contributed by atoms with E-state index in [1.165, 1.54) is 0 Å². The number of piperazine rings is 1. The number of benzene rings is 1. The van der Waals surface area contributed by atoms with Crippen LogP contribution in [-0.4, -0.2) is 48.6 Å². The first kappa shape index (κ1) is 13.5.